The standard InChI is InChI=1S/C26H26N2O7S2/c1-4-34-26(31)23-17(2)18(3)36-24(23)27-22(29)16-35-25(30)20-11-8-12-21(15-20)28-37(32,33)14-13-19-9-6-5-7-10-19/h5-15,28H,4,16H2,1-3H3,(H,27,29)/b14-13+. The van der Waals surface area contributed by atoms with Gasteiger partial charge >= 0.3 is 11.9 Å². The smallest absolute Gasteiger partial charge is 0.341 e. The third kappa shape index (κ3) is 7.76. The zero-order valence-corrected chi connectivity index (χ0v) is 22.1. The Hall–Kier alpha value is -3.96. The molecule has 0 radical (unpaired) electrons. The predicted molar refractivity (Wildman–Crippen MR) is 143 cm³/mol. The Morgan fingerprint density at radius 1 is 0.973 bits per heavy atom. The first-order valence-corrected chi connectivity index (χ1v) is 13.6. The summed E-state index contributed by atoms with van der Waals surface area (Å²) in [6, 6.07) is 14.6. The number of nitrogens with one attached hydrogen (secondary N) is 2. The summed E-state index contributed by atoms with van der Waals surface area (Å²) in [5.41, 5.74) is 1.89. The van der Waals surface area contributed by atoms with Crippen LogP contribution < -0.4 is 10.0 Å². The third-order valence-electron chi connectivity index (χ3n) is 5.05. The van der Waals surface area contributed by atoms with E-state index in [1.165, 1.54) is 41.7 Å². The number of ether oxygens (including phenoxy) is 2. The number of amides is 1. The molecular formula is C26H26N2O7S2. The minimum atomic E-state index is -3.84. The van der Waals surface area contributed by atoms with E-state index >= 15 is 0 Å². The Labute approximate surface area is 219 Å². The molecule has 194 valence electrons. The van der Waals surface area contributed by atoms with Crippen molar-refractivity contribution >= 4 is 56.0 Å². The van der Waals surface area contributed by atoms with Crippen LogP contribution in [0.1, 0.15) is 43.6 Å². The number of hydrogen-bond acceptors (Lipinski definition) is 8. The number of thiophene rings is 1. The Bertz CT molecular complexity index is 1430. The lowest BCUT2D eigenvalue weighted by atomic mass is 10.1. The summed E-state index contributed by atoms with van der Waals surface area (Å²) in [6.45, 7) is 4.85. The van der Waals surface area contributed by atoms with E-state index in [9.17, 15) is 22.8 Å². The summed E-state index contributed by atoms with van der Waals surface area (Å²) in [6.07, 6.45) is 1.45. The molecule has 0 bridgehead atoms. The average Bonchev–Trinajstić information content (AvgIpc) is 3.14. The number of anilines is 2. The largest absolute Gasteiger partial charge is 0.462 e. The highest BCUT2D eigenvalue weighted by Gasteiger charge is 2.22. The van der Waals surface area contributed by atoms with Crippen molar-refractivity contribution in [3.8, 4) is 0 Å². The topological polar surface area (TPSA) is 128 Å². The fourth-order valence-corrected chi connectivity index (χ4v) is 5.11. The number of sulfonamides is 1. The summed E-state index contributed by atoms with van der Waals surface area (Å²) in [7, 11) is -3.84. The van der Waals surface area contributed by atoms with Crippen LogP contribution in [0.25, 0.3) is 6.08 Å². The number of carbonyl (C=O) groups is 3. The fourth-order valence-electron chi connectivity index (χ4n) is 3.18. The van der Waals surface area contributed by atoms with Gasteiger partial charge in [-0.25, -0.2) is 18.0 Å². The summed E-state index contributed by atoms with van der Waals surface area (Å²) >= 11 is 1.22. The Morgan fingerprint density at radius 3 is 2.41 bits per heavy atom. The monoisotopic (exact) mass is 542 g/mol. The molecule has 9 nitrogen and oxygen atoms in total. The number of carbonyl (C=O) groups excluding carboxylic acids is 3. The number of hydrogen-bond donors (Lipinski definition) is 2. The van der Waals surface area contributed by atoms with Crippen molar-refractivity contribution in [3.05, 3.63) is 87.1 Å². The number of benzene rings is 2. The number of aryl methyl sites for hydroxylation is 1. The van der Waals surface area contributed by atoms with Crippen molar-refractivity contribution in [1.82, 2.24) is 0 Å². The highest BCUT2D eigenvalue weighted by molar-refractivity contribution is 7.95. The van der Waals surface area contributed by atoms with Crippen molar-refractivity contribution in [2.75, 3.05) is 23.3 Å². The predicted octanol–water partition coefficient (Wildman–Crippen LogP) is 4.75. The van der Waals surface area contributed by atoms with Crippen LogP contribution in [0.4, 0.5) is 10.7 Å². The van der Waals surface area contributed by atoms with Gasteiger partial charge in [-0.15, -0.1) is 11.3 Å². The molecule has 0 atom stereocenters. The Balaban J connectivity index is 1.61. The Kier molecular flexibility index (Phi) is 9.20. The maximum Gasteiger partial charge on any atom is 0.341 e. The summed E-state index contributed by atoms with van der Waals surface area (Å²) in [5.74, 6) is -2.00. The second-order valence-electron chi connectivity index (χ2n) is 7.77. The van der Waals surface area contributed by atoms with Gasteiger partial charge in [0.2, 0.25) is 0 Å². The van der Waals surface area contributed by atoms with E-state index in [4.69, 9.17) is 9.47 Å². The van der Waals surface area contributed by atoms with Crippen LogP contribution in [-0.2, 0) is 24.3 Å². The van der Waals surface area contributed by atoms with E-state index in [2.05, 4.69) is 10.0 Å². The maximum absolute atomic E-state index is 12.5. The molecule has 0 unspecified atom stereocenters. The zero-order chi connectivity index (χ0) is 27.0. The minimum absolute atomic E-state index is 0.0510. The molecule has 2 N–H and O–H groups in total. The molecule has 11 heteroatoms. The minimum Gasteiger partial charge on any atom is -0.462 e. The van der Waals surface area contributed by atoms with Gasteiger partial charge in [0.1, 0.15) is 5.00 Å². The van der Waals surface area contributed by atoms with Crippen LogP contribution >= 0.6 is 11.3 Å². The molecule has 3 aromatic rings. The molecule has 0 aliphatic heterocycles. The normalized spacial score (nSPS) is 11.2. The van der Waals surface area contributed by atoms with E-state index < -0.39 is 34.5 Å². The van der Waals surface area contributed by atoms with Crippen molar-refractivity contribution in [3.63, 3.8) is 0 Å². The molecular weight excluding hydrogens is 516 g/mol. The molecule has 0 saturated carbocycles. The van der Waals surface area contributed by atoms with Crippen LogP contribution in [0.3, 0.4) is 0 Å². The number of esters is 2. The molecule has 0 saturated heterocycles. The van der Waals surface area contributed by atoms with E-state index in [-0.39, 0.29) is 23.4 Å². The van der Waals surface area contributed by atoms with Gasteiger partial charge in [0.05, 0.1) is 23.1 Å². The maximum atomic E-state index is 12.5. The van der Waals surface area contributed by atoms with E-state index in [0.717, 1.165) is 10.3 Å². The molecule has 3 rings (SSSR count). The van der Waals surface area contributed by atoms with Crippen molar-refractivity contribution in [2.45, 2.75) is 20.8 Å². The van der Waals surface area contributed by atoms with Gasteiger partial charge < -0.3 is 14.8 Å². The lowest BCUT2D eigenvalue weighted by Gasteiger charge is -2.09. The fraction of sp³-hybridized carbons (Fsp3) is 0.192. The lowest BCUT2D eigenvalue weighted by molar-refractivity contribution is -0.119. The molecule has 1 aromatic heterocycles. The SMILES string of the molecule is CCOC(=O)c1c(NC(=O)COC(=O)c2cccc(NS(=O)(=O)/C=C/c3ccccc3)c2)sc(C)c1C. The van der Waals surface area contributed by atoms with Crippen molar-refractivity contribution in [2.24, 2.45) is 0 Å². The van der Waals surface area contributed by atoms with Crippen LogP contribution in [0.15, 0.2) is 60.0 Å². The molecule has 37 heavy (non-hydrogen) atoms. The summed E-state index contributed by atoms with van der Waals surface area (Å²) in [4.78, 5) is 38.0. The van der Waals surface area contributed by atoms with E-state index in [1.807, 2.05) is 13.0 Å². The van der Waals surface area contributed by atoms with Crippen LogP contribution in [0, 0.1) is 13.8 Å². The van der Waals surface area contributed by atoms with Gasteiger partial charge in [-0.1, -0.05) is 36.4 Å². The first kappa shape index (κ1) is 27.6. The van der Waals surface area contributed by atoms with Crippen LogP contribution in [0.5, 0.6) is 0 Å². The van der Waals surface area contributed by atoms with Crippen LogP contribution in [0.2, 0.25) is 0 Å². The summed E-state index contributed by atoms with van der Waals surface area (Å²) < 4.78 is 37.3. The summed E-state index contributed by atoms with van der Waals surface area (Å²) in [5, 5.41) is 3.93. The molecule has 0 fully saturated rings. The van der Waals surface area contributed by atoms with Gasteiger partial charge in [0.25, 0.3) is 15.9 Å². The van der Waals surface area contributed by atoms with E-state index in [1.54, 1.807) is 38.1 Å². The quantitative estimate of drug-likeness (QED) is 0.354. The molecule has 1 amide bonds. The average molecular weight is 543 g/mol. The van der Waals surface area contributed by atoms with Crippen molar-refractivity contribution in [1.29, 1.82) is 0 Å². The van der Waals surface area contributed by atoms with Gasteiger partial charge in [-0.05, 0) is 56.2 Å². The first-order chi connectivity index (χ1) is 17.6. The van der Waals surface area contributed by atoms with Crippen molar-refractivity contribution < 1.29 is 32.3 Å². The molecule has 1 heterocycles. The molecule has 0 aliphatic rings. The number of rotatable bonds is 10. The molecule has 2 aromatic carbocycles. The van der Waals surface area contributed by atoms with Gasteiger partial charge in [0, 0.05) is 10.6 Å². The van der Waals surface area contributed by atoms with Gasteiger partial charge in [-0.2, -0.15) is 0 Å². The Morgan fingerprint density at radius 2 is 1.70 bits per heavy atom. The second kappa shape index (κ2) is 12.3. The zero-order valence-electron chi connectivity index (χ0n) is 20.4. The van der Waals surface area contributed by atoms with Gasteiger partial charge in [0.15, 0.2) is 6.61 Å². The molecule has 0 spiro atoms. The molecule has 0 aliphatic carbocycles. The third-order valence-corrected chi connectivity index (χ3v) is 7.19. The van der Waals surface area contributed by atoms with Gasteiger partial charge in [-0.3, -0.25) is 9.52 Å². The second-order valence-corrected chi connectivity index (χ2v) is 10.6. The first-order valence-electron chi connectivity index (χ1n) is 11.2. The van der Waals surface area contributed by atoms with E-state index in [0.29, 0.717) is 16.1 Å². The highest BCUT2D eigenvalue weighted by Crippen LogP contribution is 2.33. The lowest BCUT2D eigenvalue weighted by Crippen LogP contribution is -2.22. The highest BCUT2D eigenvalue weighted by atomic mass is 32.2. The van der Waals surface area contributed by atoms with Crippen LogP contribution in [-0.4, -0.2) is 39.5 Å².